The number of aromatic nitrogens is 4. The Morgan fingerprint density at radius 3 is 2.71 bits per heavy atom. The van der Waals surface area contributed by atoms with Gasteiger partial charge in [0.2, 0.25) is 0 Å². The van der Waals surface area contributed by atoms with Gasteiger partial charge >= 0.3 is 0 Å². The Morgan fingerprint density at radius 1 is 1.14 bits per heavy atom. The molecule has 0 saturated carbocycles. The summed E-state index contributed by atoms with van der Waals surface area (Å²) in [7, 11) is 0. The van der Waals surface area contributed by atoms with Crippen molar-refractivity contribution in [3.05, 3.63) is 71.0 Å². The average molecular weight is 397 g/mol. The zero-order valence-electron chi connectivity index (χ0n) is 15.3. The second-order valence-corrected chi connectivity index (χ2v) is 7.20. The number of hydrogen-bond acceptors (Lipinski definition) is 5. The molecule has 1 aliphatic heterocycles. The summed E-state index contributed by atoms with van der Waals surface area (Å²) in [5, 5.41) is 14.9. The number of amides is 1. The molecular formula is C20H21ClN6O. The quantitative estimate of drug-likeness (QED) is 0.693. The van der Waals surface area contributed by atoms with Crippen LogP contribution in [0.15, 0.2) is 54.9 Å². The maximum atomic E-state index is 12.8. The van der Waals surface area contributed by atoms with Gasteiger partial charge in [-0.25, -0.2) is 4.68 Å². The topological polar surface area (TPSA) is 75.9 Å². The van der Waals surface area contributed by atoms with Crippen molar-refractivity contribution in [2.45, 2.75) is 18.9 Å². The monoisotopic (exact) mass is 396 g/mol. The number of nitrogens with one attached hydrogen (secondary N) is 1. The number of hydrogen-bond donors (Lipinski definition) is 1. The predicted octanol–water partition coefficient (Wildman–Crippen LogP) is 2.88. The first kappa shape index (κ1) is 18.6. The van der Waals surface area contributed by atoms with Gasteiger partial charge in [0.1, 0.15) is 6.33 Å². The molecule has 4 rings (SSSR count). The Hall–Kier alpha value is -2.77. The molecule has 8 heteroatoms. The second-order valence-electron chi connectivity index (χ2n) is 6.80. The molecular weight excluding hydrogens is 376 g/mol. The average Bonchev–Trinajstić information content (AvgIpc) is 3.44. The molecule has 0 radical (unpaired) electrons. The normalized spacial score (nSPS) is 15.5. The summed E-state index contributed by atoms with van der Waals surface area (Å²) in [6.07, 6.45) is 3.84. The standard InChI is InChI=1S/C20H21ClN6O/c21-18-9-2-1-8-17(18)19(26-10-3-4-11-26)13-22-20(28)15-6-5-7-16(12-15)27-14-23-24-25-27/h1-2,5-9,12,14,19H,3-4,10-11,13H2,(H,22,28)/t19-/m1/s1. The van der Waals surface area contributed by atoms with Gasteiger partial charge in [-0.3, -0.25) is 9.69 Å². The van der Waals surface area contributed by atoms with Crippen LogP contribution in [0.4, 0.5) is 0 Å². The van der Waals surface area contributed by atoms with Crippen molar-refractivity contribution in [2.24, 2.45) is 0 Å². The van der Waals surface area contributed by atoms with E-state index in [4.69, 9.17) is 11.6 Å². The van der Waals surface area contributed by atoms with Crippen LogP contribution in [0.3, 0.4) is 0 Å². The first-order valence-electron chi connectivity index (χ1n) is 9.32. The van der Waals surface area contributed by atoms with Crippen LogP contribution < -0.4 is 5.32 Å². The van der Waals surface area contributed by atoms with Gasteiger partial charge in [-0.05, 0) is 66.2 Å². The molecule has 1 saturated heterocycles. The van der Waals surface area contributed by atoms with Gasteiger partial charge in [-0.2, -0.15) is 0 Å². The summed E-state index contributed by atoms with van der Waals surface area (Å²) in [4.78, 5) is 15.2. The van der Waals surface area contributed by atoms with E-state index in [-0.39, 0.29) is 11.9 Å². The minimum absolute atomic E-state index is 0.0582. The van der Waals surface area contributed by atoms with E-state index in [2.05, 4.69) is 25.7 Å². The van der Waals surface area contributed by atoms with Crippen molar-refractivity contribution < 1.29 is 4.79 Å². The van der Waals surface area contributed by atoms with Crippen LogP contribution in [-0.2, 0) is 0 Å². The number of halogens is 1. The third-order valence-electron chi connectivity index (χ3n) is 5.02. The fraction of sp³-hybridized carbons (Fsp3) is 0.300. The van der Waals surface area contributed by atoms with Gasteiger partial charge in [-0.1, -0.05) is 35.9 Å². The van der Waals surface area contributed by atoms with Crippen molar-refractivity contribution in [1.29, 1.82) is 0 Å². The minimum Gasteiger partial charge on any atom is -0.350 e. The molecule has 144 valence electrons. The van der Waals surface area contributed by atoms with Crippen LogP contribution in [0.1, 0.15) is 34.8 Å². The SMILES string of the molecule is O=C(NC[C@H](c1ccccc1Cl)N1CCCC1)c1cccc(-n2cnnn2)c1. The molecule has 0 bridgehead atoms. The van der Waals surface area contributed by atoms with Crippen LogP contribution in [0.5, 0.6) is 0 Å². The summed E-state index contributed by atoms with van der Waals surface area (Å²) in [5.41, 5.74) is 2.35. The third-order valence-corrected chi connectivity index (χ3v) is 5.37. The van der Waals surface area contributed by atoms with Crippen LogP contribution in [-0.4, -0.2) is 50.6 Å². The number of likely N-dealkylation sites (tertiary alicyclic amines) is 1. The number of rotatable bonds is 6. The Bertz CT molecular complexity index is 939. The minimum atomic E-state index is -0.133. The molecule has 3 aromatic rings. The molecule has 1 aliphatic rings. The molecule has 2 aromatic carbocycles. The second kappa shape index (κ2) is 8.50. The van der Waals surface area contributed by atoms with E-state index in [1.165, 1.54) is 23.9 Å². The number of benzene rings is 2. The Morgan fingerprint density at radius 2 is 1.96 bits per heavy atom. The zero-order chi connectivity index (χ0) is 19.3. The lowest BCUT2D eigenvalue weighted by Gasteiger charge is -2.29. The number of tetrazole rings is 1. The van der Waals surface area contributed by atoms with E-state index >= 15 is 0 Å². The van der Waals surface area contributed by atoms with Crippen LogP contribution in [0, 0.1) is 0 Å². The van der Waals surface area contributed by atoms with Gasteiger partial charge in [0.05, 0.1) is 11.7 Å². The van der Waals surface area contributed by atoms with Crippen molar-refractivity contribution >= 4 is 17.5 Å². The molecule has 1 atom stereocenters. The van der Waals surface area contributed by atoms with E-state index < -0.39 is 0 Å². The first-order valence-corrected chi connectivity index (χ1v) is 9.70. The van der Waals surface area contributed by atoms with E-state index in [1.807, 2.05) is 36.4 Å². The summed E-state index contributed by atoms with van der Waals surface area (Å²) >= 11 is 6.45. The lowest BCUT2D eigenvalue weighted by Crippen LogP contribution is -2.37. The number of nitrogens with zero attached hydrogens (tertiary/aromatic N) is 5. The maximum absolute atomic E-state index is 12.8. The largest absolute Gasteiger partial charge is 0.350 e. The van der Waals surface area contributed by atoms with Crippen LogP contribution in [0.25, 0.3) is 5.69 Å². The van der Waals surface area contributed by atoms with E-state index in [0.29, 0.717) is 12.1 Å². The molecule has 7 nitrogen and oxygen atoms in total. The smallest absolute Gasteiger partial charge is 0.251 e. The summed E-state index contributed by atoms with van der Waals surface area (Å²) < 4.78 is 1.52. The van der Waals surface area contributed by atoms with Gasteiger partial charge in [0.15, 0.2) is 0 Å². The number of carbonyl (C=O) groups is 1. The lowest BCUT2D eigenvalue weighted by molar-refractivity contribution is 0.0938. The van der Waals surface area contributed by atoms with Gasteiger partial charge < -0.3 is 5.32 Å². The van der Waals surface area contributed by atoms with Gasteiger partial charge in [-0.15, -0.1) is 5.10 Å². The third kappa shape index (κ3) is 4.05. The summed E-state index contributed by atoms with van der Waals surface area (Å²) in [6.45, 7) is 2.53. The highest BCUT2D eigenvalue weighted by Crippen LogP contribution is 2.29. The summed E-state index contributed by atoms with van der Waals surface area (Å²) in [5.74, 6) is -0.133. The molecule has 0 spiro atoms. The maximum Gasteiger partial charge on any atom is 0.251 e. The molecule has 28 heavy (non-hydrogen) atoms. The summed E-state index contributed by atoms with van der Waals surface area (Å²) in [6, 6.07) is 15.1. The fourth-order valence-electron chi connectivity index (χ4n) is 3.60. The van der Waals surface area contributed by atoms with Crippen molar-refractivity contribution in [3.8, 4) is 5.69 Å². The van der Waals surface area contributed by atoms with Crippen LogP contribution in [0.2, 0.25) is 5.02 Å². The zero-order valence-corrected chi connectivity index (χ0v) is 16.1. The Balaban J connectivity index is 1.50. The molecule has 1 fully saturated rings. The van der Waals surface area contributed by atoms with Crippen molar-refractivity contribution in [3.63, 3.8) is 0 Å². The molecule has 1 N–H and O–H groups in total. The van der Waals surface area contributed by atoms with E-state index in [1.54, 1.807) is 12.1 Å². The van der Waals surface area contributed by atoms with E-state index in [9.17, 15) is 4.79 Å². The Kier molecular flexibility index (Phi) is 5.64. The highest BCUT2D eigenvalue weighted by molar-refractivity contribution is 6.31. The predicted molar refractivity (Wildman–Crippen MR) is 106 cm³/mol. The van der Waals surface area contributed by atoms with Crippen molar-refractivity contribution in [2.75, 3.05) is 19.6 Å². The highest BCUT2D eigenvalue weighted by Gasteiger charge is 2.25. The van der Waals surface area contributed by atoms with Crippen LogP contribution >= 0.6 is 11.6 Å². The van der Waals surface area contributed by atoms with Crippen molar-refractivity contribution in [1.82, 2.24) is 30.4 Å². The Labute approximate surface area is 168 Å². The highest BCUT2D eigenvalue weighted by atomic mass is 35.5. The fourth-order valence-corrected chi connectivity index (χ4v) is 3.86. The molecule has 1 aromatic heterocycles. The molecule has 2 heterocycles. The van der Waals surface area contributed by atoms with E-state index in [0.717, 1.165) is 29.4 Å². The van der Waals surface area contributed by atoms with Gasteiger partial charge in [0, 0.05) is 17.1 Å². The first-order chi connectivity index (χ1) is 13.7. The molecule has 1 amide bonds. The molecule has 0 unspecified atom stereocenters. The number of carbonyl (C=O) groups excluding carboxylic acids is 1. The van der Waals surface area contributed by atoms with Gasteiger partial charge in [0.25, 0.3) is 5.91 Å². The molecule has 0 aliphatic carbocycles. The lowest BCUT2D eigenvalue weighted by atomic mass is 10.0.